The molecule has 0 aliphatic carbocycles. The molecule has 1 aromatic heterocycles. The second-order valence-corrected chi connectivity index (χ2v) is 7.43. The Balaban J connectivity index is 1.48. The number of nitrogens with one attached hydrogen (secondary N) is 1. The van der Waals surface area contributed by atoms with Crippen molar-refractivity contribution in [2.45, 2.75) is 19.5 Å². The fourth-order valence-corrected chi connectivity index (χ4v) is 3.61. The van der Waals surface area contributed by atoms with Gasteiger partial charge in [-0.2, -0.15) is 0 Å². The van der Waals surface area contributed by atoms with Crippen LogP contribution < -0.4 is 5.32 Å². The summed E-state index contributed by atoms with van der Waals surface area (Å²) < 4.78 is 0. The Hall–Kier alpha value is -3.43. The maximum Gasteiger partial charge on any atom is 0.130 e. The quantitative estimate of drug-likeness (QED) is 0.374. The van der Waals surface area contributed by atoms with Gasteiger partial charge < -0.3 is 5.32 Å². The van der Waals surface area contributed by atoms with E-state index in [0.29, 0.717) is 0 Å². The lowest BCUT2D eigenvalue weighted by Crippen LogP contribution is -2.25. The third-order valence-corrected chi connectivity index (χ3v) is 5.14. The molecule has 0 aliphatic rings. The molecular formula is C27H27N3. The summed E-state index contributed by atoms with van der Waals surface area (Å²) in [5, 5.41) is 3.47. The van der Waals surface area contributed by atoms with Crippen LogP contribution in [-0.4, -0.2) is 16.4 Å². The molecule has 0 bridgehead atoms. The van der Waals surface area contributed by atoms with E-state index in [1.807, 2.05) is 24.4 Å². The molecule has 1 N–H and O–H groups in total. The van der Waals surface area contributed by atoms with E-state index in [2.05, 4.69) is 100 Å². The second kappa shape index (κ2) is 10.4. The smallest absolute Gasteiger partial charge is 0.130 e. The monoisotopic (exact) mass is 393 g/mol. The maximum atomic E-state index is 4.40. The number of aromatic nitrogens is 1. The summed E-state index contributed by atoms with van der Waals surface area (Å²) >= 11 is 0. The number of hydrogen-bond donors (Lipinski definition) is 1. The van der Waals surface area contributed by atoms with Gasteiger partial charge in [-0.1, -0.05) is 84.9 Å². The molecule has 0 saturated carbocycles. The molecule has 30 heavy (non-hydrogen) atoms. The third kappa shape index (κ3) is 5.79. The van der Waals surface area contributed by atoms with Crippen LogP contribution in [0.15, 0.2) is 109 Å². The van der Waals surface area contributed by atoms with Crippen LogP contribution in [0.3, 0.4) is 0 Å². The van der Waals surface area contributed by atoms with Gasteiger partial charge in [-0.25, -0.2) is 4.98 Å². The minimum atomic E-state index is 0.871. The number of benzene rings is 3. The summed E-state index contributed by atoms with van der Waals surface area (Å²) in [5.74, 6) is 0.871. The van der Waals surface area contributed by atoms with Crippen LogP contribution in [0.1, 0.15) is 16.7 Å². The number of nitrogens with zero attached hydrogens (tertiary/aromatic N) is 2. The lowest BCUT2D eigenvalue weighted by molar-refractivity contribution is 0.260. The second-order valence-electron chi connectivity index (χ2n) is 7.43. The Kier molecular flexibility index (Phi) is 6.87. The summed E-state index contributed by atoms with van der Waals surface area (Å²) in [6.07, 6.45) is 2.78. The van der Waals surface area contributed by atoms with Crippen LogP contribution in [0, 0.1) is 0 Å². The Morgan fingerprint density at radius 3 is 1.87 bits per heavy atom. The molecule has 0 fully saturated rings. The molecule has 0 radical (unpaired) electrons. The first kappa shape index (κ1) is 19.9. The molecule has 0 unspecified atom stereocenters. The van der Waals surface area contributed by atoms with Gasteiger partial charge in [-0.3, -0.25) is 4.90 Å². The van der Waals surface area contributed by atoms with E-state index in [9.17, 15) is 0 Å². The normalized spacial score (nSPS) is 10.8. The van der Waals surface area contributed by atoms with E-state index >= 15 is 0 Å². The first-order valence-electron chi connectivity index (χ1n) is 10.4. The van der Waals surface area contributed by atoms with Crippen molar-refractivity contribution in [2.24, 2.45) is 0 Å². The molecule has 4 aromatic rings. The molecule has 0 aliphatic heterocycles. The topological polar surface area (TPSA) is 28.2 Å². The highest BCUT2D eigenvalue weighted by atomic mass is 15.1. The van der Waals surface area contributed by atoms with Gasteiger partial charge in [0, 0.05) is 31.5 Å². The van der Waals surface area contributed by atoms with Gasteiger partial charge in [0.1, 0.15) is 5.82 Å². The highest BCUT2D eigenvalue weighted by molar-refractivity contribution is 5.60. The SMILES string of the molecule is c1ccc(CN(CCc2ccccc2Nc2ccccn2)Cc2ccccc2)cc1. The van der Waals surface area contributed by atoms with E-state index in [1.165, 1.54) is 16.7 Å². The summed E-state index contributed by atoms with van der Waals surface area (Å²) in [7, 11) is 0. The largest absolute Gasteiger partial charge is 0.340 e. The van der Waals surface area contributed by atoms with Gasteiger partial charge in [0.15, 0.2) is 0 Å². The van der Waals surface area contributed by atoms with Crippen molar-refractivity contribution in [1.82, 2.24) is 9.88 Å². The lowest BCUT2D eigenvalue weighted by atomic mass is 10.1. The van der Waals surface area contributed by atoms with Crippen molar-refractivity contribution >= 4 is 11.5 Å². The van der Waals surface area contributed by atoms with Gasteiger partial charge >= 0.3 is 0 Å². The summed E-state index contributed by atoms with van der Waals surface area (Å²) in [4.78, 5) is 6.92. The van der Waals surface area contributed by atoms with Crippen molar-refractivity contribution in [3.8, 4) is 0 Å². The van der Waals surface area contributed by atoms with Crippen molar-refractivity contribution < 1.29 is 0 Å². The van der Waals surface area contributed by atoms with Crippen molar-refractivity contribution in [3.63, 3.8) is 0 Å². The molecule has 0 spiro atoms. The average Bonchev–Trinajstić information content (AvgIpc) is 2.80. The fraction of sp³-hybridized carbons (Fsp3) is 0.148. The standard InChI is InChI=1S/C27H27N3/c1-3-11-23(12-4-1)21-30(22-24-13-5-2-6-14-24)20-18-25-15-7-8-16-26(25)29-27-17-9-10-19-28-27/h1-17,19H,18,20-22H2,(H,28,29). The fourth-order valence-electron chi connectivity index (χ4n) is 3.61. The van der Waals surface area contributed by atoms with E-state index in [-0.39, 0.29) is 0 Å². The van der Waals surface area contributed by atoms with Gasteiger partial charge in [-0.05, 0) is 41.3 Å². The molecule has 4 rings (SSSR count). The molecule has 0 saturated heterocycles. The lowest BCUT2D eigenvalue weighted by Gasteiger charge is -2.23. The Morgan fingerprint density at radius 1 is 0.633 bits per heavy atom. The van der Waals surface area contributed by atoms with Crippen LogP contribution >= 0.6 is 0 Å². The zero-order chi connectivity index (χ0) is 20.4. The zero-order valence-corrected chi connectivity index (χ0v) is 17.1. The highest BCUT2D eigenvalue weighted by Crippen LogP contribution is 2.21. The van der Waals surface area contributed by atoms with Gasteiger partial charge in [-0.15, -0.1) is 0 Å². The third-order valence-electron chi connectivity index (χ3n) is 5.14. The Morgan fingerprint density at radius 2 is 1.23 bits per heavy atom. The van der Waals surface area contributed by atoms with Crippen molar-refractivity contribution in [1.29, 1.82) is 0 Å². The first-order chi connectivity index (χ1) is 14.9. The number of para-hydroxylation sites is 1. The van der Waals surface area contributed by atoms with Crippen molar-refractivity contribution in [2.75, 3.05) is 11.9 Å². The molecule has 3 heteroatoms. The number of hydrogen-bond acceptors (Lipinski definition) is 3. The Bertz CT molecular complexity index is 976. The molecular weight excluding hydrogens is 366 g/mol. The average molecular weight is 394 g/mol. The van der Waals surface area contributed by atoms with Crippen LogP contribution in [0.5, 0.6) is 0 Å². The van der Waals surface area contributed by atoms with E-state index in [4.69, 9.17) is 0 Å². The number of pyridine rings is 1. The molecule has 0 atom stereocenters. The predicted molar refractivity (Wildman–Crippen MR) is 125 cm³/mol. The van der Waals surface area contributed by atoms with E-state index < -0.39 is 0 Å². The molecule has 150 valence electrons. The van der Waals surface area contributed by atoms with Crippen LogP contribution in [-0.2, 0) is 19.5 Å². The first-order valence-corrected chi connectivity index (χ1v) is 10.4. The van der Waals surface area contributed by atoms with E-state index in [0.717, 1.165) is 37.6 Å². The summed E-state index contributed by atoms with van der Waals surface area (Å²) in [6.45, 7) is 2.85. The van der Waals surface area contributed by atoms with Gasteiger partial charge in [0.2, 0.25) is 0 Å². The number of anilines is 2. The molecule has 3 nitrogen and oxygen atoms in total. The summed E-state index contributed by atoms with van der Waals surface area (Å²) in [5.41, 5.74) is 5.10. The number of rotatable bonds is 9. The Labute approximate surface area is 179 Å². The maximum absolute atomic E-state index is 4.40. The minimum absolute atomic E-state index is 0.871. The van der Waals surface area contributed by atoms with Crippen molar-refractivity contribution in [3.05, 3.63) is 126 Å². The van der Waals surface area contributed by atoms with E-state index in [1.54, 1.807) is 0 Å². The molecule has 1 heterocycles. The predicted octanol–water partition coefficient (Wildman–Crippen LogP) is 6.07. The van der Waals surface area contributed by atoms with Crippen LogP contribution in [0.4, 0.5) is 11.5 Å². The molecule has 0 amide bonds. The highest BCUT2D eigenvalue weighted by Gasteiger charge is 2.10. The summed E-state index contributed by atoms with van der Waals surface area (Å²) in [6, 6.07) is 35.8. The zero-order valence-electron chi connectivity index (χ0n) is 17.1. The minimum Gasteiger partial charge on any atom is -0.340 e. The van der Waals surface area contributed by atoms with Crippen LogP contribution in [0.25, 0.3) is 0 Å². The van der Waals surface area contributed by atoms with Gasteiger partial charge in [0.05, 0.1) is 0 Å². The van der Waals surface area contributed by atoms with Crippen LogP contribution in [0.2, 0.25) is 0 Å². The van der Waals surface area contributed by atoms with Gasteiger partial charge in [0.25, 0.3) is 0 Å². The molecule has 3 aromatic carbocycles.